The number of aromatic amines is 1. The van der Waals surface area contributed by atoms with Gasteiger partial charge in [0.1, 0.15) is 0 Å². The first kappa shape index (κ1) is 12.9. The lowest BCUT2D eigenvalue weighted by molar-refractivity contribution is -0.116. The molecule has 1 atom stereocenters. The number of rotatable bonds is 3. The van der Waals surface area contributed by atoms with Crippen LogP contribution in [0, 0.1) is 0 Å². The maximum atomic E-state index is 12.0. The second kappa shape index (κ2) is 5.46. The van der Waals surface area contributed by atoms with Gasteiger partial charge in [-0.2, -0.15) is 0 Å². The summed E-state index contributed by atoms with van der Waals surface area (Å²) in [5.74, 6) is 0.00795. The van der Waals surface area contributed by atoms with E-state index in [1.807, 2.05) is 12.1 Å². The molecule has 1 aliphatic heterocycles. The minimum atomic E-state index is -0.115. The number of hydrogen-bond acceptors (Lipinski definition) is 3. The first-order valence-electron chi connectivity index (χ1n) is 6.87. The highest BCUT2D eigenvalue weighted by molar-refractivity contribution is 5.94. The van der Waals surface area contributed by atoms with E-state index < -0.39 is 0 Å². The number of benzene rings is 1. The maximum absolute atomic E-state index is 12.0. The van der Waals surface area contributed by atoms with Crippen molar-refractivity contribution in [1.82, 2.24) is 10.3 Å². The number of carbonyl (C=O) groups excluding carboxylic acids is 1. The quantitative estimate of drug-likeness (QED) is 0.794. The summed E-state index contributed by atoms with van der Waals surface area (Å²) in [7, 11) is 0. The van der Waals surface area contributed by atoms with E-state index in [0.717, 1.165) is 30.5 Å². The predicted octanol–water partition coefficient (Wildman–Crippen LogP) is 1.61. The molecular weight excluding hydrogens is 254 g/mol. The zero-order chi connectivity index (χ0) is 13.9. The molecule has 3 rings (SSSR count). The molecule has 0 saturated carbocycles. The summed E-state index contributed by atoms with van der Waals surface area (Å²) in [6.07, 6.45) is 4.29. The van der Waals surface area contributed by atoms with Gasteiger partial charge in [0.2, 0.25) is 5.91 Å². The second-order valence-electron chi connectivity index (χ2n) is 5.15. The summed E-state index contributed by atoms with van der Waals surface area (Å²) in [6, 6.07) is 7.43. The molecule has 20 heavy (non-hydrogen) atoms. The van der Waals surface area contributed by atoms with Gasteiger partial charge in [-0.05, 0) is 49.0 Å². The molecule has 1 unspecified atom stereocenters. The van der Waals surface area contributed by atoms with Crippen LogP contribution in [0.1, 0.15) is 19.3 Å². The largest absolute Gasteiger partial charge is 0.329 e. The monoisotopic (exact) mass is 271 g/mol. The van der Waals surface area contributed by atoms with Crippen LogP contribution in [0.4, 0.5) is 5.69 Å². The van der Waals surface area contributed by atoms with Crippen molar-refractivity contribution >= 4 is 22.4 Å². The van der Waals surface area contributed by atoms with E-state index in [2.05, 4.69) is 15.6 Å². The van der Waals surface area contributed by atoms with E-state index in [9.17, 15) is 9.59 Å². The Morgan fingerprint density at radius 3 is 3.05 bits per heavy atom. The van der Waals surface area contributed by atoms with Gasteiger partial charge >= 0.3 is 0 Å². The number of aromatic nitrogens is 1. The molecule has 0 aliphatic carbocycles. The molecule has 104 valence electrons. The Balaban J connectivity index is 1.74. The van der Waals surface area contributed by atoms with E-state index >= 15 is 0 Å². The fourth-order valence-corrected chi connectivity index (χ4v) is 2.64. The van der Waals surface area contributed by atoms with Gasteiger partial charge in [-0.25, -0.2) is 0 Å². The zero-order valence-electron chi connectivity index (χ0n) is 11.1. The number of pyridine rings is 1. The van der Waals surface area contributed by atoms with Gasteiger partial charge in [-0.1, -0.05) is 0 Å². The van der Waals surface area contributed by atoms with Gasteiger partial charge in [0, 0.05) is 29.7 Å². The van der Waals surface area contributed by atoms with Gasteiger partial charge in [0.05, 0.1) is 0 Å². The zero-order valence-corrected chi connectivity index (χ0v) is 11.1. The Bertz CT molecular complexity index is 687. The van der Waals surface area contributed by atoms with Gasteiger partial charge in [-0.3, -0.25) is 9.59 Å². The number of fused-ring (bicyclic) bond motifs is 1. The highest BCUT2D eigenvalue weighted by atomic mass is 16.1. The van der Waals surface area contributed by atoms with Crippen LogP contribution in [0.3, 0.4) is 0 Å². The van der Waals surface area contributed by atoms with Gasteiger partial charge in [-0.15, -0.1) is 0 Å². The van der Waals surface area contributed by atoms with Crippen molar-refractivity contribution in [3.8, 4) is 0 Å². The fourth-order valence-electron chi connectivity index (χ4n) is 2.64. The van der Waals surface area contributed by atoms with Crippen LogP contribution in [0.2, 0.25) is 0 Å². The molecular formula is C15H17N3O2. The average Bonchev–Trinajstić information content (AvgIpc) is 2.91. The summed E-state index contributed by atoms with van der Waals surface area (Å²) in [6.45, 7) is 0.997. The van der Waals surface area contributed by atoms with Gasteiger partial charge in [0.15, 0.2) is 0 Å². The molecule has 1 aromatic heterocycles. The number of H-pyrrole nitrogens is 1. The molecule has 0 spiro atoms. The second-order valence-corrected chi connectivity index (χ2v) is 5.15. The Kier molecular flexibility index (Phi) is 3.52. The summed E-state index contributed by atoms with van der Waals surface area (Å²) in [4.78, 5) is 26.2. The molecule has 1 aliphatic rings. The van der Waals surface area contributed by atoms with Crippen LogP contribution in [-0.4, -0.2) is 23.5 Å². The van der Waals surface area contributed by atoms with Crippen LogP contribution in [0.5, 0.6) is 0 Å². The summed E-state index contributed by atoms with van der Waals surface area (Å²) < 4.78 is 0. The van der Waals surface area contributed by atoms with Crippen molar-refractivity contribution in [2.24, 2.45) is 0 Å². The number of hydrogen-bond donors (Lipinski definition) is 3. The van der Waals surface area contributed by atoms with Crippen molar-refractivity contribution in [2.75, 3.05) is 11.9 Å². The average molecular weight is 271 g/mol. The highest BCUT2D eigenvalue weighted by Gasteiger charge is 2.17. The first-order chi connectivity index (χ1) is 9.72. The van der Waals surface area contributed by atoms with Gasteiger partial charge < -0.3 is 15.6 Å². The minimum absolute atomic E-state index is 0.00795. The number of carbonyl (C=O) groups is 1. The fraction of sp³-hybridized carbons (Fsp3) is 0.333. The molecule has 1 aromatic carbocycles. The van der Waals surface area contributed by atoms with Crippen LogP contribution >= 0.6 is 0 Å². The Labute approximate surface area is 116 Å². The third-order valence-corrected chi connectivity index (χ3v) is 3.65. The van der Waals surface area contributed by atoms with Crippen molar-refractivity contribution in [1.29, 1.82) is 0 Å². The smallest absolute Gasteiger partial charge is 0.255 e. The van der Waals surface area contributed by atoms with Crippen LogP contribution < -0.4 is 16.2 Å². The maximum Gasteiger partial charge on any atom is 0.255 e. The molecule has 0 radical (unpaired) electrons. The lowest BCUT2D eigenvalue weighted by Gasteiger charge is -2.10. The van der Waals surface area contributed by atoms with Gasteiger partial charge in [0.25, 0.3) is 5.56 Å². The Hall–Kier alpha value is -2.14. The Morgan fingerprint density at radius 2 is 2.25 bits per heavy atom. The van der Waals surface area contributed by atoms with E-state index in [-0.39, 0.29) is 11.5 Å². The molecule has 1 amide bonds. The molecule has 5 heteroatoms. The third kappa shape index (κ3) is 2.72. The topological polar surface area (TPSA) is 74.0 Å². The SMILES string of the molecule is O=C(CC1CCCN1)Nc1ccc2c(=O)[nH]ccc2c1. The Morgan fingerprint density at radius 1 is 1.35 bits per heavy atom. The van der Waals surface area contributed by atoms with Crippen molar-refractivity contribution in [2.45, 2.75) is 25.3 Å². The summed E-state index contributed by atoms with van der Waals surface area (Å²) >= 11 is 0. The summed E-state index contributed by atoms with van der Waals surface area (Å²) in [5, 5.41) is 7.65. The first-order valence-corrected chi connectivity index (χ1v) is 6.87. The van der Waals surface area contributed by atoms with E-state index in [4.69, 9.17) is 0 Å². The highest BCUT2D eigenvalue weighted by Crippen LogP contribution is 2.17. The lowest BCUT2D eigenvalue weighted by atomic mass is 10.1. The molecule has 5 nitrogen and oxygen atoms in total. The molecule has 0 bridgehead atoms. The van der Waals surface area contributed by atoms with E-state index in [1.54, 1.807) is 18.3 Å². The van der Waals surface area contributed by atoms with Crippen LogP contribution in [-0.2, 0) is 4.79 Å². The minimum Gasteiger partial charge on any atom is -0.329 e. The van der Waals surface area contributed by atoms with Crippen molar-refractivity contribution < 1.29 is 4.79 Å². The molecule has 2 aromatic rings. The standard InChI is InChI=1S/C15H17N3O2/c19-14(9-11-2-1-6-16-11)18-12-3-4-13-10(8-12)5-7-17-15(13)20/h3-5,7-8,11,16H,1-2,6,9H2,(H,17,20)(H,18,19). The third-order valence-electron chi connectivity index (χ3n) is 3.65. The molecule has 1 saturated heterocycles. The molecule has 1 fully saturated rings. The number of nitrogens with one attached hydrogen (secondary N) is 3. The number of anilines is 1. The van der Waals surface area contributed by atoms with Crippen LogP contribution in [0.15, 0.2) is 35.3 Å². The van der Waals surface area contributed by atoms with Crippen LogP contribution in [0.25, 0.3) is 10.8 Å². The number of amides is 1. The van der Waals surface area contributed by atoms with E-state index in [1.165, 1.54) is 0 Å². The van der Waals surface area contributed by atoms with Crippen molar-refractivity contribution in [3.05, 3.63) is 40.8 Å². The molecule has 2 heterocycles. The summed E-state index contributed by atoms with van der Waals surface area (Å²) in [5.41, 5.74) is 0.613. The van der Waals surface area contributed by atoms with E-state index in [0.29, 0.717) is 17.8 Å². The van der Waals surface area contributed by atoms with Crippen molar-refractivity contribution in [3.63, 3.8) is 0 Å². The normalized spacial score (nSPS) is 18.3. The molecule has 3 N–H and O–H groups in total. The lowest BCUT2D eigenvalue weighted by Crippen LogP contribution is -2.27. The predicted molar refractivity (Wildman–Crippen MR) is 78.8 cm³/mol.